The normalized spacial score (nSPS) is 13.8. The van der Waals surface area contributed by atoms with E-state index in [1.165, 1.54) is 6.42 Å². The van der Waals surface area contributed by atoms with Gasteiger partial charge in [-0.25, -0.2) is 0 Å². The third-order valence-electron chi connectivity index (χ3n) is 5.72. The fourth-order valence-corrected chi connectivity index (χ4v) is 4.51. The highest BCUT2D eigenvalue weighted by Crippen LogP contribution is 2.26. The van der Waals surface area contributed by atoms with E-state index < -0.39 is 0 Å². The zero-order valence-corrected chi connectivity index (χ0v) is 21.4. The predicted octanol–water partition coefficient (Wildman–Crippen LogP) is 5.77. The molecule has 0 bridgehead atoms. The number of carbonyl (C=O) groups is 2. The number of hydrogen-bond donors (Lipinski definition) is 2. The van der Waals surface area contributed by atoms with Crippen LogP contribution in [0.5, 0.6) is 5.75 Å². The molecule has 6 nitrogen and oxygen atoms in total. The second-order valence-corrected chi connectivity index (χ2v) is 9.47. The Kier molecular flexibility index (Phi) is 9.26. The van der Waals surface area contributed by atoms with Gasteiger partial charge in [0.05, 0.1) is 23.4 Å². The number of halogens is 1. The first-order chi connectivity index (χ1) is 15.9. The molecule has 0 aromatic heterocycles. The minimum absolute atomic E-state index is 0.0543. The van der Waals surface area contributed by atoms with E-state index in [-0.39, 0.29) is 23.0 Å². The molecule has 176 valence electrons. The number of hydrogen-bond acceptors (Lipinski definition) is 4. The number of benzene rings is 2. The second-order valence-electron chi connectivity index (χ2n) is 8.15. The van der Waals surface area contributed by atoms with Crippen LogP contribution in [0.2, 0.25) is 0 Å². The molecule has 1 aliphatic rings. The molecule has 0 spiro atoms. The Hall–Kier alpha value is -2.45. The van der Waals surface area contributed by atoms with Crippen molar-refractivity contribution in [2.45, 2.75) is 51.5 Å². The Balaban J connectivity index is 1.71. The Bertz CT molecular complexity index is 1010. The van der Waals surface area contributed by atoms with Gasteiger partial charge in [-0.3, -0.25) is 14.9 Å². The van der Waals surface area contributed by atoms with Gasteiger partial charge in [0.25, 0.3) is 11.8 Å². The fourth-order valence-electron chi connectivity index (χ4n) is 3.94. The van der Waals surface area contributed by atoms with Crippen molar-refractivity contribution in [3.63, 3.8) is 0 Å². The first kappa shape index (κ1) is 25.2. The van der Waals surface area contributed by atoms with Crippen LogP contribution in [-0.4, -0.2) is 41.5 Å². The minimum atomic E-state index is -0.386. The van der Waals surface area contributed by atoms with Gasteiger partial charge in [0.2, 0.25) is 0 Å². The average molecular weight is 533 g/mol. The van der Waals surface area contributed by atoms with Crippen molar-refractivity contribution in [2.24, 2.45) is 0 Å². The molecule has 0 aliphatic heterocycles. The van der Waals surface area contributed by atoms with E-state index in [9.17, 15) is 9.59 Å². The Morgan fingerprint density at radius 2 is 1.85 bits per heavy atom. The van der Waals surface area contributed by atoms with Crippen LogP contribution >= 0.6 is 28.1 Å². The Morgan fingerprint density at radius 1 is 1.12 bits per heavy atom. The number of rotatable bonds is 7. The summed E-state index contributed by atoms with van der Waals surface area (Å²) in [7, 11) is 1.86. The summed E-state index contributed by atoms with van der Waals surface area (Å²) in [6.07, 6.45) is 6.42. The number of para-hydroxylation sites is 1. The highest BCUT2D eigenvalue weighted by molar-refractivity contribution is 9.10. The number of anilines is 1. The summed E-state index contributed by atoms with van der Waals surface area (Å²) in [4.78, 5) is 27.9. The SMILES string of the molecule is CCCOc1ccc(Br)cc1C(=O)NC(=S)Nc1ccccc1C(=O)N(C)C1CCCCC1. The molecule has 3 rings (SSSR count). The van der Waals surface area contributed by atoms with Gasteiger partial charge in [0.1, 0.15) is 5.75 Å². The molecule has 33 heavy (non-hydrogen) atoms. The molecule has 2 amide bonds. The summed E-state index contributed by atoms with van der Waals surface area (Å²) in [6.45, 7) is 2.51. The van der Waals surface area contributed by atoms with Gasteiger partial charge in [0, 0.05) is 17.6 Å². The fraction of sp³-hybridized carbons (Fsp3) is 0.400. The molecule has 1 saturated carbocycles. The summed E-state index contributed by atoms with van der Waals surface area (Å²) < 4.78 is 6.46. The number of ether oxygens (including phenoxy) is 1. The lowest BCUT2D eigenvalue weighted by Gasteiger charge is -2.31. The third kappa shape index (κ3) is 6.77. The van der Waals surface area contributed by atoms with Crippen molar-refractivity contribution in [1.29, 1.82) is 0 Å². The number of nitrogens with zero attached hydrogens (tertiary/aromatic N) is 1. The minimum Gasteiger partial charge on any atom is -0.493 e. The third-order valence-corrected chi connectivity index (χ3v) is 6.42. The van der Waals surface area contributed by atoms with Crippen LogP contribution in [-0.2, 0) is 0 Å². The molecule has 2 N–H and O–H groups in total. The van der Waals surface area contributed by atoms with Crippen molar-refractivity contribution in [3.05, 3.63) is 58.1 Å². The maximum absolute atomic E-state index is 13.2. The lowest BCUT2D eigenvalue weighted by Crippen LogP contribution is -2.39. The smallest absolute Gasteiger partial charge is 0.261 e. The average Bonchev–Trinajstić information content (AvgIpc) is 2.83. The van der Waals surface area contributed by atoms with Gasteiger partial charge in [-0.2, -0.15) is 0 Å². The van der Waals surface area contributed by atoms with E-state index in [0.29, 0.717) is 29.2 Å². The summed E-state index contributed by atoms with van der Waals surface area (Å²) in [6, 6.07) is 12.7. The summed E-state index contributed by atoms with van der Waals surface area (Å²) in [5.74, 6) is 0.0504. The zero-order valence-electron chi connectivity index (χ0n) is 19.0. The predicted molar refractivity (Wildman–Crippen MR) is 139 cm³/mol. The van der Waals surface area contributed by atoms with Crippen LogP contribution in [0, 0.1) is 0 Å². The van der Waals surface area contributed by atoms with Crippen LogP contribution in [0.1, 0.15) is 66.2 Å². The summed E-state index contributed by atoms with van der Waals surface area (Å²) >= 11 is 8.79. The molecule has 8 heteroatoms. The molecular weight excluding hydrogens is 502 g/mol. The lowest BCUT2D eigenvalue weighted by molar-refractivity contribution is 0.0697. The molecule has 2 aromatic carbocycles. The highest BCUT2D eigenvalue weighted by Gasteiger charge is 2.25. The Morgan fingerprint density at radius 3 is 2.58 bits per heavy atom. The van der Waals surface area contributed by atoms with Crippen LogP contribution in [0.25, 0.3) is 0 Å². The number of amides is 2. The standard InChI is InChI=1S/C25H30BrN3O3S/c1-3-15-32-22-14-13-17(26)16-20(22)23(30)28-25(33)27-21-12-8-7-11-19(21)24(31)29(2)18-9-5-4-6-10-18/h7-8,11-14,16,18H,3-6,9-10,15H2,1-2H3,(H2,27,28,30,33). The van der Waals surface area contributed by atoms with Gasteiger partial charge in [-0.05, 0) is 61.8 Å². The van der Waals surface area contributed by atoms with Gasteiger partial charge in [-0.1, -0.05) is 54.2 Å². The maximum atomic E-state index is 13.2. The molecule has 0 heterocycles. The van der Waals surface area contributed by atoms with Gasteiger partial charge in [0.15, 0.2) is 5.11 Å². The molecular formula is C25H30BrN3O3S. The van der Waals surface area contributed by atoms with E-state index >= 15 is 0 Å². The van der Waals surface area contributed by atoms with Gasteiger partial charge < -0.3 is 15.0 Å². The summed E-state index contributed by atoms with van der Waals surface area (Å²) in [5.41, 5.74) is 1.46. The number of thiocarbonyl (C=S) groups is 1. The van der Waals surface area contributed by atoms with Gasteiger partial charge in [-0.15, -0.1) is 0 Å². The van der Waals surface area contributed by atoms with Crippen molar-refractivity contribution in [3.8, 4) is 5.75 Å². The zero-order chi connectivity index (χ0) is 23.8. The monoisotopic (exact) mass is 531 g/mol. The van der Waals surface area contributed by atoms with Crippen molar-refractivity contribution in [2.75, 3.05) is 19.0 Å². The quantitative estimate of drug-likeness (QED) is 0.443. The van der Waals surface area contributed by atoms with E-state index in [1.807, 2.05) is 37.1 Å². The molecule has 0 atom stereocenters. The second kappa shape index (κ2) is 12.1. The topological polar surface area (TPSA) is 70.7 Å². The molecule has 1 aliphatic carbocycles. The van der Waals surface area contributed by atoms with E-state index in [1.54, 1.807) is 24.3 Å². The van der Waals surface area contributed by atoms with Crippen LogP contribution < -0.4 is 15.4 Å². The maximum Gasteiger partial charge on any atom is 0.261 e. The van der Waals surface area contributed by atoms with Crippen molar-refractivity contribution < 1.29 is 14.3 Å². The van der Waals surface area contributed by atoms with Crippen molar-refractivity contribution >= 4 is 50.8 Å². The van der Waals surface area contributed by atoms with Gasteiger partial charge >= 0.3 is 0 Å². The first-order valence-electron chi connectivity index (χ1n) is 11.3. The van der Waals surface area contributed by atoms with Crippen LogP contribution in [0.3, 0.4) is 0 Å². The summed E-state index contributed by atoms with van der Waals surface area (Å²) in [5, 5.41) is 5.84. The molecule has 0 unspecified atom stereocenters. The molecule has 2 aromatic rings. The van der Waals surface area contributed by atoms with Crippen molar-refractivity contribution in [1.82, 2.24) is 10.2 Å². The first-order valence-corrected chi connectivity index (χ1v) is 12.5. The Labute approximate surface area is 209 Å². The lowest BCUT2D eigenvalue weighted by atomic mass is 9.94. The van der Waals surface area contributed by atoms with E-state index in [2.05, 4.69) is 26.6 Å². The van der Waals surface area contributed by atoms with E-state index in [0.717, 1.165) is 36.6 Å². The molecule has 0 saturated heterocycles. The van der Waals surface area contributed by atoms with Crippen LogP contribution in [0.15, 0.2) is 46.9 Å². The molecule has 0 radical (unpaired) electrons. The number of nitrogens with one attached hydrogen (secondary N) is 2. The number of carbonyl (C=O) groups excluding carboxylic acids is 2. The largest absolute Gasteiger partial charge is 0.493 e. The van der Waals surface area contributed by atoms with E-state index in [4.69, 9.17) is 17.0 Å². The van der Waals surface area contributed by atoms with Crippen LogP contribution in [0.4, 0.5) is 5.69 Å². The highest BCUT2D eigenvalue weighted by atomic mass is 79.9. The molecule has 1 fully saturated rings.